The molecule has 0 amide bonds. The summed E-state index contributed by atoms with van der Waals surface area (Å²) in [5.74, 6) is 2.08. The second-order valence-electron chi connectivity index (χ2n) is 14.6. The van der Waals surface area contributed by atoms with Gasteiger partial charge in [-0.25, -0.2) is 22.1 Å². The number of benzene rings is 2. The van der Waals surface area contributed by atoms with E-state index in [0.29, 0.717) is 34.4 Å². The van der Waals surface area contributed by atoms with E-state index in [2.05, 4.69) is 55.5 Å². The topological polar surface area (TPSA) is 54.1 Å². The minimum absolute atomic E-state index is 0. The van der Waals surface area contributed by atoms with Gasteiger partial charge in [-0.05, 0) is 137 Å². The first-order chi connectivity index (χ1) is 27.7. The van der Waals surface area contributed by atoms with Gasteiger partial charge in [-0.1, -0.05) is 23.6 Å². The summed E-state index contributed by atoms with van der Waals surface area (Å²) in [5.41, 5.74) is 13.3. The Morgan fingerprint density at radius 3 is 1.14 bits per heavy atom. The standard InChI is InChI=1S/C22H12N2O2.2C14H16N.2Pt/c1-3-13-23-21(11-1)25-19-9-5-7-17(15-19)18-8-6-10-20(16-18)26-22-12-2-4-14-24-22;2*1-2-15-13-9-5-3-7-11(13)12-8-4-6-10-14(12)15;;/h1-6,9-14H;2*3-10H2;;/q-4;2*-1;;. The first kappa shape index (κ1) is 43.0. The van der Waals surface area contributed by atoms with Crippen LogP contribution in [0, 0.1) is 49.2 Å². The molecule has 6 aromatic rings. The van der Waals surface area contributed by atoms with E-state index in [0.717, 1.165) is 25.7 Å². The summed E-state index contributed by atoms with van der Waals surface area (Å²) < 4.78 is 15.5. The summed E-state index contributed by atoms with van der Waals surface area (Å²) in [6.45, 7) is 0. The summed E-state index contributed by atoms with van der Waals surface area (Å²) in [4.78, 5) is 8.28. The van der Waals surface area contributed by atoms with E-state index in [-0.39, 0.29) is 42.1 Å². The van der Waals surface area contributed by atoms with E-state index < -0.39 is 0 Å². The fourth-order valence-electron chi connectivity index (χ4n) is 8.67. The van der Waals surface area contributed by atoms with E-state index in [4.69, 9.17) is 22.3 Å². The van der Waals surface area contributed by atoms with Crippen LogP contribution in [0.5, 0.6) is 23.3 Å². The smallest absolute Gasteiger partial charge is 0.215 e. The number of rotatable bonds is 5. The van der Waals surface area contributed by atoms with Gasteiger partial charge in [0.05, 0.1) is 0 Å². The molecule has 4 heterocycles. The number of ether oxygens (including phenoxy) is 2. The molecule has 0 saturated carbocycles. The zero-order valence-electron chi connectivity index (χ0n) is 32.5. The van der Waals surface area contributed by atoms with Crippen LogP contribution in [-0.4, -0.2) is 19.1 Å². The molecule has 0 unspecified atom stereocenters. The Morgan fingerprint density at radius 1 is 0.483 bits per heavy atom. The van der Waals surface area contributed by atoms with E-state index in [9.17, 15) is 0 Å². The van der Waals surface area contributed by atoms with Gasteiger partial charge in [0.1, 0.15) is 0 Å². The Kier molecular flexibility index (Phi) is 15.5. The molecular weight excluding hydrogens is 1080 g/mol. The molecule has 0 fully saturated rings. The first-order valence-corrected chi connectivity index (χ1v) is 20.1. The summed E-state index contributed by atoms with van der Waals surface area (Å²) in [5, 5.41) is 0. The Bertz CT molecular complexity index is 2130. The van der Waals surface area contributed by atoms with Crippen LogP contribution in [0.1, 0.15) is 96.4 Å². The van der Waals surface area contributed by atoms with E-state index >= 15 is 0 Å². The van der Waals surface area contributed by atoms with Gasteiger partial charge < -0.3 is 66.8 Å². The minimum Gasteiger partial charge on any atom is -0.669 e. The average Bonchev–Trinajstić information content (AvgIpc) is 3.77. The van der Waals surface area contributed by atoms with Gasteiger partial charge in [0.2, 0.25) is 11.8 Å². The summed E-state index contributed by atoms with van der Waals surface area (Å²) in [6.07, 6.45) is 38.4. The van der Waals surface area contributed by atoms with Crippen molar-refractivity contribution in [1.82, 2.24) is 19.1 Å². The van der Waals surface area contributed by atoms with Gasteiger partial charge in [-0.3, -0.25) is 12.1 Å². The maximum atomic E-state index is 7.45. The number of aromatic nitrogens is 4. The molecule has 0 aliphatic heterocycles. The van der Waals surface area contributed by atoms with Crippen molar-refractivity contribution in [3.05, 3.63) is 155 Å². The van der Waals surface area contributed by atoms with Crippen LogP contribution in [0.25, 0.3) is 11.1 Å². The van der Waals surface area contributed by atoms with E-state index in [1.807, 2.05) is 24.3 Å². The molecule has 0 spiro atoms. The molecule has 10 rings (SSSR count). The SMILES string of the molecule is [C-]#Cn1c2c(c3c1CCCC3)CCCC2.[C-]#Cn1c2c(c3c1CCCC3)CCCC2.[Pt].[Pt].[c-]1ccc(Oc2ccccn2)[c-]c1-c1[c-]ccc(Oc2ccccn2)[c-]1. The molecule has 58 heavy (non-hydrogen) atoms. The van der Waals surface area contributed by atoms with Crippen molar-refractivity contribution < 1.29 is 51.6 Å². The van der Waals surface area contributed by atoms with Crippen LogP contribution in [-0.2, 0) is 93.5 Å². The number of fused-ring (bicyclic) bond motifs is 6. The maximum absolute atomic E-state index is 7.45. The van der Waals surface area contributed by atoms with E-state index in [1.165, 1.54) is 99.8 Å². The van der Waals surface area contributed by atoms with Crippen molar-refractivity contribution in [2.24, 2.45) is 0 Å². The molecule has 0 atom stereocenters. The molecule has 8 heteroatoms. The fraction of sp³-hybridized carbons (Fsp3) is 0.320. The van der Waals surface area contributed by atoms with E-state index in [1.54, 1.807) is 71.0 Å². The molecule has 2 aromatic carbocycles. The van der Waals surface area contributed by atoms with Crippen LogP contribution in [0.2, 0.25) is 0 Å². The Labute approximate surface area is 372 Å². The number of pyridine rings is 2. The first-order valence-electron chi connectivity index (χ1n) is 20.1. The van der Waals surface area contributed by atoms with Gasteiger partial charge in [-0.2, -0.15) is 12.1 Å². The Morgan fingerprint density at radius 2 is 0.828 bits per heavy atom. The predicted molar refractivity (Wildman–Crippen MR) is 216 cm³/mol. The van der Waals surface area contributed by atoms with Crippen molar-refractivity contribution >= 4 is 0 Å². The Hall–Kier alpha value is -4.60. The fourth-order valence-corrected chi connectivity index (χ4v) is 8.67. The van der Waals surface area contributed by atoms with Gasteiger partial charge in [0.15, 0.2) is 0 Å². The summed E-state index contributed by atoms with van der Waals surface area (Å²) in [7, 11) is 0. The molecule has 4 aliphatic rings. The predicted octanol–water partition coefficient (Wildman–Crippen LogP) is 10.2. The second kappa shape index (κ2) is 20.9. The van der Waals surface area contributed by atoms with Crippen molar-refractivity contribution in [3.8, 4) is 46.5 Å². The zero-order valence-corrected chi connectivity index (χ0v) is 37.0. The van der Waals surface area contributed by atoms with Gasteiger partial charge >= 0.3 is 0 Å². The minimum atomic E-state index is 0. The van der Waals surface area contributed by atoms with Crippen molar-refractivity contribution in [2.45, 2.75) is 103 Å². The third kappa shape index (κ3) is 9.80. The van der Waals surface area contributed by atoms with Gasteiger partial charge in [0, 0.05) is 89.4 Å². The van der Waals surface area contributed by atoms with Crippen molar-refractivity contribution in [3.63, 3.8) is 0 Å². The number of nitrogens with zero attached hydrogens (tertiary/aromatic N) is 4. The third-order valence-corrected chi connectivity index (χ3v) is 11.2. The molecule has 302 valence electrons. The molecule has 0 radical (unpaired) electrons. The molecule has 4 aliphatic carbocycles. The quantitative estimate of drug-likeness (QED) is 0.128. The Balaban J connectivity index is 0.000000153. The average molecular weight is 1120 g/mol. The number of hydrogen-bond acceptors (Lipinski definition) is 4. The normalized spacial score (nSPS) is 14.5. The monoisotopic (exact) mass is 1120 g/mol. The third-order valence-electron chi connectivity index (χ3n) is 11.2. The molecular formula is C50H44N4O2Pt2-6. The molecule has 4 aromatic heterocycles. The van der Waals surface area contributed by atoms with Crippen LogP contribution in [0.3, 0.4) is 0 Å². The number of hydrogen-bond donors (Lipinski definition) is 0. The second-order valence-corrected chi connectivity index (χ2v) is 14.6. The zero-order chi connectivity index (χ0) is 38.1. The summed E-state index contributed by atoms with van der Waals surface area (Å²) >= 11 is 0. The largest absolute Gasteiger partial charge is 0.669 e. The van der Waals surface area contributed by atoms with Crippen molar-refractivity contribution in [1.29, 1.82) is 0 Å². The molecule has 0 saturated heterocycles. The van der Waals surface area contributed by atoms with Crippen LogP contribution >= 0.6 is 0 Å². The molecule has 0 bridgehead atoms. The van der Waals surface area contributed by atoms with Crippen LogP contribution < -0.4 is 9.47 Å². The van der Waals surface area contributed by atoms with Gasteiger partial charge in [0.25, 0.3) is 0 Å². The maximum Gasteiger partial charge on any atom is 0.215 e. The molecule has 0 N–H and O–H groups in total. The van der Waals surface area contributed by atoms with Crippen LogP contribution in [0.4, 0.5) is 0 Å². The van der Waals surface area contributed by atoms with Crippen molar-refractivity contribution in [2.75, 3.05) is 0 Å². The van der Waals surface area contributed by atoms with Gasteiger partial charge in [-0.15, -0.1) is 0 Å². The molecule has 6 nitrogen and oxygen atoms in total. The summed E-state index contributed by atoms with van der Waals surface area (Å²) in [6, 6.07) is 35.8. The van der Waals surface area contributed by atoms with Crippen LogP contribution in [0.15, 0.2) is 73.1 Å².